The number of halogens is 1. The minimum atomic E-state index is 0.517. The van der Waals surface area contributed by atoms with E-state index in [9.17, 15) is 0 Å². The fourth-order valence-corrected chi connectivity index (χ4v) is 1.63. The summed E-state index contributed by atoms with van der Waals surface area (Å²) >= 11 is 5.67. The molecule has 1 aromatic heterocycles. The van der Waals surface area contributed by atoms with E-state index in [1.54, 1.807) is 0 Å². The quantitative estimate of drug-likeness (QED) is 0.501. The summed E-state index contributed by atoms with van der Waals surface area (Å²) in [4.78, 5) is 4.18. The second kappa shape index (κ2) is 6.88. The van der Waals surface area contributed by atoms with Gasteiger partial charge in [0.1, 0.15) is 0 Å². The zero-order valence-corrected chi connectivity index (χ0v) is 9.63. The number of aromatic nitrogens is 2. The number of hydrogen-bond donors (Lipinski definition) is 0. The van der Waals surface area contributed by atoms with Crippen LogP contribution in [-0.4, -0.2) is 9.55 Å². The number of aryl methyl sites for hydroxylation is 1. The summed E-state index contributed by atoms with van der Waals surface area (Å²) in [5.74, 6) is 0.517. The molecule has 0 aliphatic heterocycles. The highest BCUT2D eigenvalue weighted by atomic mass is 35.5. The lowest BCUT2D eigenvalue weighted by Gasteiger charge is -2.01. The number of hydrogen-bond acceptors (Lipinski definition) is 1. The maximum Gasteiger partial charge on any atom is 0.0949 e. The van der Waals surface area contributed by atoms with Crippen molar-refractivity contribution in [2.45, 2.75) is 51.5 Å². The first-order chi connectivity index (χ1) is 6.86. The molecule has 14 heavy (non-hydrogen) atoms. The Morgan fingerprint density at radius 3 is 2.71 bits per heavy atom. The van der Waals surface area contributed by atoms with Gasteiger partial charge in [0.25, 0.3) is 0 Å². The van der Waals surface area contributed by atoms with Gasteiger partial charge < -0.3 is 4.57 Å². The van der Waals surface area contributed by atoms with Crippen LogP contribution in [0.4, 0.5) is 0 Å². The van der Waals surface area contributed by atoms with Crippen LogP contribution in [-0.2, 0) is 12.4 Å². The third kappa shape index (κ3) is 4.14. The number of alkyl halides is 1. The average molecular weight is 215 g/mol. The summed E-state index contributed by atoms with van der Waals surface area (Å²) in [5.41, 5.74) is 0.972. The predicted molar refractivity (Wildman–Crippen MR) is 60.5 cm³/mol. The SMILES string of the molecule is CCCCCCCn1cnc(CCl)c1. The van der Waals surface area contributed by atoms with E-state index in [4.69, 9.17) is 11.6 Å². The van der Waals surface area contributed by atoms with Gasteiger partial charge in [-0.25, -0.2) is 4.98 Å². The van der Waals surface area contributed by atoms with Crippen molar-refractivity contribution in [1.82, 2.24) is 9.55 Å². The van der Waals surface area contributed by atoms with Crippen molar-refractivity contribution >= 4 is 11.6 Å². The Morgan fingerprint density at radius 1 is 1.29 bits per heavy atom. The molecule has 0 radical (unpaired) electrons. The van der Waals surface area contributed by atoms with Crippen molar-refractivity contribution in [1.29, 1.82) is 0 Å². The topological polar surface area (TPSA) is 17.8 Å². The highest BCUT2D eigenvalue weighted by Crippen LogP contribution is 2.05. The molecule has 0 N–H and O–H groups in total. The van der Waals surface area contributed by atoms with Crippen LogP contribution >= 0.6 is 11.6 Å². The van der Waals surface area contributed by atoms with E-state index in [0.29, 0.717) is 5.88 Å². The summed E-state index contributed by atoms with van der Waals surface area (Å²) in [5, 5.41) is 0. The van der Waals surface area contributed by atoms with Crippen molar-refractivity contribution in [3.63, 3.8) is 0 Å². The van der Waals surface area contributed by atoms with Crippen molar-refractivity contribution in [3.05, 3.63) is 18.2 Å². The molecule has 80 valence electrons. The van der Waals surface area contributed by atoms with Gasteiger partial charge in [0.05, 0.1) is 17.9 Å². The number of imidazole rings is 1. The molecule has 0 fully saturated rings. The van der Waals surface area contributed by atoms with E-state index in [0.717, 1.165) is 12.2 Å². The van der Waals surface area contributed by atoms with Gasteiger partial charge in [0.2, 0.25) is 0 Å². The van der Waals surface area contributed by atoms with Gasteiger partial charge in [-0.05, 0) is 6.42 Å². The minimum Gasteiger partial charge on any atom is -0.337 e. The maximum atomic E-state index is 5.67. The molecule has 0 saturated carbocycles. The van der Waals surface area contributed by atoms with Gasteiger partial charge in [-0.3, -0.25) is 0 Å². The molecular weight excluding hydrogens is 196 g/mol. The van der Waals surface area contributed by atoms with Crippen LogP contribution in [0.1, 0.15) is 44.7 Å². The standard InChI is InChI=1S/C11H19ClN2/c1-2-3-4-5-6-7-14-9-11(8-12)13-10-14/h9-10H,2-8H2,1H3. The van der Waals surface area contributed by atoms with E-state index in [2.05, 4.69) is 16.5 Å². The summed E-state index contributed by atoms with van der Waals surface area (Å²) in [7, 11) is 0. The van der Waals surface area contributed by atoms with Crippen molar-refractivity contribution < 1.29 is 0 Å². The van der Waals surface area contributed by atoms with Crippen LogP contribution in [0.2, 0.25) is 0 Å². The molecule has 1 heterocycles. The summed E-state index contributed by atoms with van der Waals surface area (Å²) in [6.07, 6.45) is 10.5. The summed E-state index contributed by atoms with van der Waals surface area (Å²) in [6, 6.07) is 0. The number of nitrogens with zero attached hydrogens (tertiary/aromatic N) is 2. The minimum absolute atomic E-state index is 0.517. The monoisotopic (exact) mass is 214 g/mol. The number of rotatable bonds is 7. The summed E-state index contributed by atoms with van der Waals surface area (Å²) in [6.45, 7) is 3.32. The second-order valence-corrected chi connectivity index (χ2v) is 3.92. The Labute approximate surface area is 91.3 Å². The van der Waals surface area contributed by atoms with E-state index in [-0.39, 0.29) is 0 Å². The molecule has 0 spiro atoms. The van der Waals surface area contributed by atoms with Gasteiger partial charge in [-0.2, -0.15) is 0 Å². The van der Waals surface area contributed by atoms with Gasteiger partial charge in [0, 0.05) is 12.7 Å². The Hall–Kier alpha value is -0.500. The lowest BCUT2D eigenvalue weighted by molar-refractivity contribution is 0.568. The molecule has 0 atom stereocenters. The molecule has 1 rings (SSSR count). The first-order valence-corrected chi connectivity index (χ1v) is 5.97. The van der Waals surface area contributed by atoms with Gasteiger partial charge >= 0.3 is 0 Å². The van der Waals surface area contributed by atoms with Crippen molar-refractivity contribution in [2.24, 2.45) is 0 Å². The van der Waals surface area contributed by atoms with Gasteiger partial charge in [-0.15, -0.1) is 11.6 Å². The van der Waals surface area contributed by atoms with Crippen LogP contribution in [0, 0.1) is 0 Å². The first-order valence-electron chi connectivity index (χ1n) is 5.43. The smallest absolute Gasteiger partial charge is 0.0949 e. The molecule has 2 nitrogen and oxygen atoms in total. The summed E-state index contributed by atoms with van der Waals surface area (Å²) < 4.78 is 2.13. The Kier molecular flexibility index (Phi) is 5.69. The second-order valence-electron chi connectivity index (χ2n) is 3.65. The maximum absolute atomic E-state index is 5.67. The van der Waals surface area contributed by atoms with Crippen LogP contribution in [0.25, 0.3) is 0 Å². The molecule has 3 heteroatoms. The molecule has 0 aromatic carbocycles. The molecular formula is C11H19ClN2. The van der Waals surface area contributed by atoms with Crippen LogP contribution in [0.5, 0.6) is 0 Å². The van der Waals surface area contributed by atoms with Crippen molar-refractivity contribution in [2.75, 3.05) is 0 Å². The highest BCUT2D eigenvalue weighted by molar-refractivity contribution is 6.16. The lowest BCUT2D eigenvalue weighted by Crippen LogP contribution is -1.94. The zero-order chi connectivity index (χ0) is 10.2. The Morgan fingerprint density at radius 2 is 2.07 bits per heavy atom. The first kappa shape index (κ1) is 11.6. The molecule has 0 amide bonds. The van der Waals surface area contributed by atoms with E-state index in [1.165, 1.54) is 32.1 Å². The lowest BCUT2D eigenvalue weighted by atomic mass is 10.1. The fraction of sp³-hybridized carbons (Fsp3) is 0.727. The predicted octanol–water partition coefficient (Wildman–Crippen LogP) is 3.59. The van der Waals surface area contributed by atoms with E-state index in [1.807, 2.05) is 12.5 Å². The van der Waals surface area contributed by atoms with E-state index >= 15 is 0 Å². The molecule has 1 aromatic rings. The van der Waals surface area contributed by atoms with E-state index < -0.39 is 0 Å². The van der Waals surface area contributed by atoms with Gasteiger partial charge in [0.15, 0.2) is 0 Å². The van der Waals surface area contributed by atoms with Crippen LogP contribution < -0.4 is 0 Å². The molecule has 0 aliphatic carbocycles. The molecule has 0 saturated heterocycles. The number of unbranched alkanes of at least 4 members (excludes halogenated alkanes) is 4. The highest BCUT2D eigenvalue weighted by Gasteiger charge is 1.96. The third-order valence-electron chi connectivity index (χ3n) is 2.34. The fourth-order valence-electron chi connectivity index (χ4n) is 1.50. The van der Waals surface area contributed by atoms with Gasteiger partial charge in [-0.1, -0.05) is 32.6 Å². The zero-order valence-electron chi connectivity index (χ0n) is 8.88. The van der Waals surface area contributed by atoms with Crippen molar-refractivity contribution in [3.8, 4) is 0 Å². The molecule has 0 unspecified atom stereocenters. The normalized spacial score (nSPS) is 10.7. The molecule has 0 aliphatic rings. The Bertz CT molecular complexity index is 245. The van der Waals surface area contributed by atoms with Crippen LogP contribution in [0.15, 0.2) is 12.5 Å². The largest absolute Gasteiger partial charge is 0.337 e. The third-order valence-corrected chi connectivity index (χ3v) is 2.62. The average Bonchev–Trinajstić information content (AvgIpc) is 2.65. The van der Waals surface area contributed by atoms with Crippen LogP contribution in [0.3, 0.4) is 0 Å². The Balaban J connectivity index is 2.12. The molecule has 0 bridgehead atoms.